The maximum atomic E-state index is 12.5. The molecule has 3 rings (SSSR count). The van der Waals surface area contributed by atoms with Crippen molar-refractivity contribution in [3.05, 3.63) is 53.1 Å². The van der Waals surface area contributed by atoms with Gasteiger partial charge in [-0.25, -0.2) is 0 Å². The summed E-state index contributed by atoms with van der Waals surface area (Å²) in [5.74, 6) is 1.56. The van der Waals surface area contributed by atoms with Crippen molar-refractivity contribution in [2.75, 3.05) is 14.2 Å². The highest BCUT2D eigenvalue weighted by molar-refractivity contribution is 5.97. The SMILES string of the molecule is COc1ccc(-c2nnn(CC(=O)c3ccc(C)cc3C)n2)cc1OC. The van der Waals surface area contributed by atoms with Crippen molar-refractivity contribution in [2.24, 2.45) is 0 Å². The number of benzene rings is 2. The molecule has 0 spiro atoms. The number of carbonyl (C=O) groups is 1. The van der Waals surface area contributed by atoms with Gasteiger partial charge in [0.1, 0.15) is 6.54 Å². The van der Waals surface area contributed by atoms with Crippen LogP contribution in [-0.4, -0.2) is 40.2 Å². The van der Waals surface area contributed by atoms with Gasteiger partial charge in [0.15, 0.2) is 17.3 Å². The predicted octanol–water partition coefficient (Wildman–Crippen LogP) is 2.86. The number of hydrogen-bond donors (Lipinski definition) is 0. The maximum Gasteiger partial charge on any atom is 0.205 e. The van der Waals surface area contributed by atoms with Crippen molar-refractivity contribution in [1.82, 2.24) is 20.2 Å². The number of rotatable bonds is 6. The highest BCUT2D eigenvalue weighted by Gasteiger charge is 2.14. The molecule has 7 heteroatoms. The second-order valence-corrected chi connectivity index (χ2v) is 5.95. The van der Waals surface area contributed by atoms with Gasteiger partial charge in [-0.2, -0.15) is 4.80 Å². The van der Waals surface area contributed by atoms with E-state index >= 15 is 0 Å². The zero-order valence-corrected chi connectivity index (χ0v) is 15.2. The van der Waals surface area contributed by atoms with Gasteiger partial charge in [-0.3, -0.25) is 4.79 Å². The molecule has 0 aliphatic heterocycles. The fourth-order valence-corrected chi connectivity index (χ4v) is 2.74. The Morgan fingerprint density at radius 3 is 2.50 bits per heavy atom. The Morgan fingerprint density at radius 1 is 1.04 bits per heavy atom. The molecule has 3 aromatic rings. The van der Waals surface area contributed by atoms with E-state index in [-0.39, 0.29) is 12.3 Å². The maximum absolute atomic E-state index is 12.5. The van der Waals surface area contributed by atoms with Crippen LogP contribution in [0.25, 0.3) is 11.4 Å². The first-order valence-corrected chi connectivity index (χ1v) is 8.12. The number of Topliss-reactive ketones (excluding diaryl/α,β-unsaturated/α-hetero) is 1. The lowest BCUT2D eigenvalue weighted by atomic mass is 10.0. The molecule has 7 nitrogen and oxygen atoms in total. The Hall–Kier alpha value is -3.22. The quantitative estimate of drug-likeness (QED) is 0.635. The van der Waals surface area contributed by atoms with Crippen LogP contribution in [0.1, 0.15) is 21.5 Å². The van der Waals surface area contributed by atoms with Crippen LogP contribution >= 0.6 is 0 Å². The number of nitrogens with zero attached hydrogens (tertiary/aromatic N) is 4. The van der Waals surface area contributed by atoms with Crippen molar-refractivity contribution in [3.63, 3.8) is 0 Å². The third kappa shape index (κ3) is 3.56. The summed E-state index contributed by atoms with van der Waals surface area (Å²) in [4.78, 5) is 13.8. The van der Waals surface area contributed by atoms with Gasteiger partial charge in [-0.15, -0.1) is 10.2 Å². The van der Waals surface area contributed by atoms with Crippen molar-refractivity contribution in [2.45, 2.75) is 20.4 Å². The third-order valence-corrected chi connectivity index (χ3v) is 4.06. The van der Waals surface area contributed by atoms with Crippen LogP contribution in [0.15, 0.2) is 36.4 Å². The first-order chi connectivity index (χ1) is 12.5. The molecule has 0 saturated heterocycles. The van der Waals surface area contributed by atoms with Crippen molar-refractivity contribution in [3.8, 4) is 22.9 Å². The molecule has 0 aliphatic carbocycles. The molecule has 1 aromatic heterocycles. The lowest BCUT2D eigenvalue weighted by Gasteiger charge is -2.07. The van der Waals surface area contributed by atoms with E-state index in [9.17, 15) is 4.79 Å². The highest BCUT2D eigenvalue weighted by atomic mass is 16.5. The zero-order chi connectivity index (χ0) is 18.7. The molecule has 0 bridgehead atoms. The first kappa shape index (κ1) is 17.6. The summed E-state index contributed by atoms with van der Waals surface area (Å²) < 4.78 is 10.5. The third-order valence-electron chi connectivity index (χ3n) is 4.06. The number of carbonyl (C=O) groups excluding carboxylic acids is 1. The second kappa shape index (κ2) is 7.35. The number of aromatic nitrogens is 4. The average molecular weight is 352 g/mol. The van der Waals surface area contributed by atoms with Gasteiger partial charge in [-0.05, 0) is 42.8 Å². The summed E-state index contributed by atoms with van der Waals surface area (Å²) in [6.07, 6.45) is 0. The zero-order valence-electron chi connectivity index (χ0n) is 15.2. The smallest absolute Gasteiger partial charge is 0.205 e. The summed E-state index contributed by atoms with van der Waals surface area (Å²) in [6.45, 7) is 3.95. The Balaban J connectivity index is 1.81. The van der Waals surface area contributed by atoms with E-state index in [0.29, 0.717) is 22.9 Å². The molecule has 0 amide bonds. The number of ketones is 1. The second-order valence-electron chi connectivity index (χ2n) is 5.95. The lowest BCUT2D eigenvalue weighted by Crippen LogP contribution is -2.14. The summed E-state index contributed by atoms with van der Waals surface area (Å²) in [5.41, 5.74) is 3.46. The summed E-state index contributed by atoms with van der Waals surface area (Å²) >= 11 is 0. The average Bonchev–Trinajstić information content (AvgIpc) is 3.09. The van der Waals surface area contributed by atoms with E-state index in [1.54, 1.807) is 26.4 Å². The molecular formula is C19H20N4O3. The molecule has 0 radical (unpaired) electrons. The van der Waals surface area contributed by atoms with E-state index < -0.39 is 0 Å². The van der Waals surface area contributed by atoms with Gasteiger partial charge >= 0.3 is 0 Å². The normalized spacial score (nSPS) is 10.6. The molecule has 0 saturated carbocycles. The Morgan fingerprint density at radius 2 is 1.81 bits per heavy atom. The summed E-state index contributed by atoms with van der Waals surface area (Å²) in [6, 6.07) is 11.1. The van der Waals surface area contributed by atoms with E-state index in [0.717, 1.165) is 16.7 Å². The molecule has 2 aromatic carbocycles. The number of ether oxygens (including phenoxy) is 2. The standard InChI is InChI=1S/C19H20N4O3/c1-12-5-7-15(13(2)9-12)16(24)11-23-21-19(20-22-23)14-6-8-17(25-3)18(10-14)26-4/h5-10H,11H2,1-4H3. The molecule has 0 aliphatic rings. The van der Waals surface area contributed by atoms with Crippen LogP contribution in [0, 0.1) is 13.8 Å². The van der Waals surface area contributed by atoms with E-state index in [2.05, 4.69) is 15.4 Å². The molecule has 0 N–H and O–H groups in total. The molecule has 0 fully saturated rings. The van der Waals surface area contributed by atoms with Crippen LogP contribution in [0.2, 0.25) is 0 Å². The van der Waals surface area contributed by atoms with Crippen molar-refractivity contribution >= 4 is 5.78 Å². The van der Waals surface area contributed by atoms with Gasteiger partial charge < -0.3 is 9.47 Å². The fourth-order valence-electron chi connectivity index (χ4n) is 2.74. The van der Waals surface area contributed by atoms with Crippen LogP contribution < -0.4 is 9.47 Å². The van der Waals surface area contributed by atoms with Crippen molar-refractivity contribution < 1.29 is 14.3 Å². The Labute approximate surface area is 151 Å². The first-order valence-electron chi connectivity index (χ1n) is 8.12. The van der Waals surface area contributed by atoms with E-state index in [1.165, 1.54) is 4.80 Å². The van der Waals surface area contributed by atoms with Gasteiger partial charge in [0, 0.05) is 11.1 Å². The topological polar surface area (TPSA) is 79.1 Å². The number of methoxy groups -OCH3 is 2. The van der Waals surface area contributed by atoms with Gasteiger partial charge in [0.25, 0.3) is 0 Å². The lowest BCUT2D eigenvalue weighted by molar-refractivity contribution is 0.0961. The predicted molar refractivity (Wildman–Crippen MR) is 96.6 cm³/mol. The van der Waals surface area contributed by atoms with Crippen LogP contribution in [0.3, 0.4) is 0 Å². The fraction of sp³-hybridized carbons (Fsp3) is 0.263. The monoisotopic (exact) mass is 352 g/mol. The minimum Gasteiger partial charge on any atom is -0.493 e. The highest BCUT2D eigenvalue weighted by Crippen LogP contribution is 2.30. The minimum absolute atomic E-state index is 0.0319. The molecule has 134 valence electrons. The molecular weight excluding hydrogens is 332 g/mol. The summed E-state index contributed by atoms with van der Waals surface area (Å²) in [5, 5.41) is 12.3. The molecule has 0 unspecified atom stereocenters. The summed E-state index contributed by atoms with van der Waals surface area (Å²) in [7, 11) is 3.14. The molecule has 26 heavy (non-hydrogen) atoms. The molecule has 0 atom stereocenters. The molecule has 1 heterocycles. The van der Waals surface area contributed by atoms with Crippen LogP contribution in [0.5, 0.6) is 11.5 Å². The van der Waals surface area contributed by atoms with E-state index in [1.807, 2.05) is 38.1 Å². The van der Waals surface area contributed by atoms with Gasteiger partial charge in [-0.1, -0.05) is 23.8 Å². The van der Waals surface area contributed by atoms with Crippen LogP contribution in [-0.2, 0) is 6.54 Å². The number of aryl methyl sites for hydroxylation is 2. The Kier molecular flexibility index (Phi) is 4.97. The van der Waals surface area contributed by atoms with Gasteiger partial charge in [0.05, 0.1) is 14.2 Å². The van der Waals surface area contributed by atoms with Gasteiger partial charge in [0.2, 0.25) is 5.82 Å². The largest absolute Gasteiger partial charge is 0.493 e. The number of tetrazole rings is 1. The minimum atomic E-state index is -0.0567. The Bertz CT molecular complexity index is 950. The van der Waals surface area contributed by atoms with Crippen molar-refractivity contribution in [1.29, 1.82) is 0 Å². The number of hydrogen-bond acceptors (Lipinski definition) is 6. The van der Waals surface area contributed by atoms with Crippen LogP contribution in [0.4, 0.5) is 0 Å². The van der Waals surface area contributed by atoms with E-state index in [4.69, 9.17) is 9.47 Å².